The zero-order valence-electron chi connectivity index (χ0n) is 18.0. The number of para-hydroxylation sites is 1. The molecule has 170 valence electrons. The van der Waals surface area contributed by atoms with E-state index in [9.17, 15) is 14.4 Å². The molecule has 1 aliphatic rings. The highest BCUT2D eigenvalue weighted by atomic mass is 32.1. The van der Waals surface area contributed by atoms with Gasteiger partial charge in [-0.25, -0.2) is 9.78 Å². The molecule has 0 saturated heterocycles. The Labute approximate surface area is 194 Å². The number of hydrogen-bond donors (Lipinski definition) is 2. The van der Waals surface area contributed by atoms with Crippen LogP contribution in [0.4, 0.5) is 5.69 Å². The third-order valence-electron chi connectivity index (χ3n) is 4.84. The van der Waals surface area contributed by atoms with Crippen LogP contribution >= 0.6 is 11.3 Å². The second-order valence-electron chi connectivity index (χ2n) is 7.59. The molecule has 2 aromatic carbocycles. The van der Waals surface area contributed by atoms with Crippen molar-refractivity contribution in [3.8, 4) is 5.75 Å². The molecule has 2 N–H and O–H groups in total. The fourth-order valence-electron chi connectivity index (χ4n) is 3.00. The van der Waals surface area contributed by atoms with Crippen molar-refractivity contribution in [1.29, 1.82) is 0 Å². The van der Waals surface area contributed by atoms with Crippen molar-refractivity contribution in [1.82, 2.24) is 10.3 Å². The number of carbonyl (C=O) groups is 3. The maximum atomic E-state index is 12.3. The number of benzene rings is 2. The van der Waals surface area contributed by atoms with Crippen LogP contribution in [0.25, 0.3) is 0 Å². The van der Waals surface area contributed by atoms with Gasteiger partial charge in [-0.15, -0.1) is 11.3 Å². The van der Waals surface area contributed by atoms with Gasteiger partial charge in [0.2, 0.25) is 0 Å². The van der Waals surface area contributed by atoms with E-state index in [1.54, 1.807) is 59.9 Å². The third-order valence-corrected chi connectivity index (χ3v) is 5.66. The van der Waals surface area contributed by atoms with Crippen LogP contribution in [0.5, 0.6) is 5.75 Å². The molecule has 1 fully saturated rings. The Morgan fingerprint density at radius 1 is 1.09 bits per heavy atom. The van der Waals surface area contributed by atoms with Crippen LogP contribution < -0.4 is 15.4 Å². The molecule has 0 bridgehead atoms. The second kappa shape index (κ2) is 10.3. The number of nitrogens with zero attached hydrogens (tertiary/aromatic N) is 1. The number of amides is 2. The highest BCUT2D eigenvalue weighted by molar-refractivity contribution is 7.09. The van der Waals surface area contributed by atoms with E-state index in [0.717, 1.165) is 23.5 Å². The Bertz CT molecular complexity index is 1150. The van der Waals surface area contributed by atoms with Gasteiger partial charge in [0.1, 0.15) is 12.4 Å². The molecule has 0 unspecified atom stereocenters. The summed E-state index contributed by atoms with van der Waals surface area (Å²) in [5.41, 5.74) is 1.88. The monoisotopic (exact) mass is 465 g/mol. The van der Waals surface area contributed by atoms with E-state index in [4.69, 9.17) is 9.47 Å². The second-order valence-corrected chi connectivity index (χ2v) is 8.65. The van der Waals surface area contributed by atoms with E-state index < -0.39 is 18.5 Å². The van der Waals surface area contributed by atoms with Crippen LogP contribution in [0.1, 0.15) is 44.3 Å². The predicted octanol–water partition coefficient (Wildman–Crippen LogP) is 3.72. The summed E-state index contributed by atoms with van der Waals surface area (Å²) in [4.78, 5) is 41.2. The summed E-state index contributed by atoms with van der Waals surface area (Å²) in [5, 5.41) is 8.43. The molecule has 0 atom stereocenters. The Morgan fingerprint density at radius 2 is 1.85 bits per heavy atom. The molecule has 4 rings (SSSR count). The predicted molar refractivity (Wildman–Crippen MR) is 123 cm³/mol. The summed E-state index contributed by atoms with van der Waals surface area (Å²) in [7, 11) is 0. The molecular weight excluding hydrogens is 442 g/mol. The zero-order valence-corrected chi connectivity index (χ0v) is 18.8. The standard InChI is InChI=1S/C24H23N3O5S/c1-15-25-18(14-33-15)12-31-19-10-6-16(7-11-19)24(30)32-13-22(28)27-21-5-3-2-4-20(21)23(29)26-17-8-9-17/h2-7,10-11,14,17H,8-9,12-13H2,1H3,(H,26,29)(H,27,28). The topological polar surface area (TPSA) is 107 Å². The number of anilines is 1. The molecule has 0 aliphatic heterocycles. The number of hydrogen-bond acceptors (Lipinski definition) is 7. The Hall–Kier alpha value is -3.72. The molecule has 33 heavy (non-hydrogen) atoms. The minimum atomic E-state index is -0.633. The van der Waals surface area contributed by atoms with Gasteiger partial charge in [-0.3, -0.25) is 9.59 Å². The number of ether oxygens (including phenoxy) is 2. The van der Waals surface area contributed by atoms with Gasteiger partial charge in [0.25, 0.3) is 11.8 Å². The average molecular weight is 466 g/mol. The maximum absolute atomic E-state index is 12.3. The van der Waals surface area contributed by atoms with Crippen LogP contribution in [0, 0.1) is 6.92 Å². The lowest BCUT2D eigenvalue weighted by Gasteiger charge is -2.11. The highest BCUT2D eigenvalue weighted by Crippen LogP contribution is 2.22. The molecule has 0 spiro atoms. The fraction of sp³-hybridized carbons (Fsp3) is 0.250. The minimum absolute atomic E-state index is 0.204. The lowest BCUT2D eigenvalue weighted by Crippen LogP contribution is -2.28. The Morgan fingerprint density at radius 3 is 2.55 bits per heavy atom. The van der Waals surface area contributed by atoms with E-state index in [0.29, 0.717) is 29.2 Å². The molecule has 1 saturated carbocycles. The molecule has 9 heteroatoms. The SMILES string of the molecule is Cc1nc(COc2ccc(C(=O)OCC(=O)Nc3ccccc3C(=O)NC3CC3)cc2)cs1. The van der Waals surface area contributed by atoms with Crippen molar-refractivity contribution < 1.29 is 23.9 Å². The van der Waals surface area contributed by atoms with E-state index >= 15 is 0 Å². The molecule has 2 amide bonds. The highest BCUT2D eigenvalue weighted by Gasteiger charge is 2.25. The lowest BCUT2D eigenvalue weighted by molar-refractivity contribution is -0.119. The average Bonchev–Trinajstić information content (AvgIpc) is 3.54. The normalized spacial score (nSPS) is 12.6. The number of aromatic nitrogens is 1. The van der Waals surface area contributed by atoms with Crippen LogP contribution in [0.2, 0.25) is 0 Å². The van der Waals surface area contributed by atoms with Crippen molar-refractivity contribution in [3.63, 3.8) is 0 Å². The van der Waals surface area contributed by atoms with Gasteiger partial charge < -0.3 is 20.1 Å². The Kier molecular flexibility index (Phi) is 6.99. The van der Waals surface area contributed by atoms with E-state index in [1.165, 1.54) is 0 Å². The first-order valence-electron chi connectivity index (χ1n) is 10.5. The van der Waals surface area contributed by atoms with Crippen molar-refractivity contribution in [3.05, 3.63) is 75.7 Å². The number of nitrogens with one attached hydrogen (secondary N) is 2. The molecule has 1 heterocycles. The molecular formula is C24H23N3O5S. The number of esters is 1. The number of aryl methyl sites for hydroxylation is 1. The maximum Gasteiger partial charge on any atom is 0.338 e. The van der Waals surface area contributed by atoms with Crippen molar-refractivity contribution in [2.45, 2.75) is 32.4 Å². The van der Waals surface area contributed by atoms with Crippen molar-refractivity contribution >= 4 is 34.8 Å². The van der Waals surface area contributed by atoms with Crippen molar-refractivity contribution in [2.75, 3.05) is 11.9 Å². The minimum Gasteiger partial charge on any atom is -0.487 e. The number of rotatable bonds is 9. The summed E-state index contributed by atoms with van der Waals surface area (Å²) in [6.45, 7) is 1.80. The van der Waals surface area contributed by atoms with E-state index in [1.807, 2.05) is 12.3 Å². The van der Waals surface area contributed by atoms with Crippen LogP contribution in [-0.4, -0.2) is 35.4 Å². The van der Waals surface area contributed by atoms with Gasteiger partial charge in [-0.1, -0.05) is 12.1 Å². The number of thiazole rings is 1. The fourth-order valence-corrected chi connectivity index (χ4v) is 3.60. The first-order chi connectivity index (χ1) is 16.0. The Balaban J connectivity index is 1.26. The van der Waals surface area contributed by atoms with Gasteiger partial charge in [0, 0.05) is 11.4 Å². The van der Waals surface area contributed by atoms with Gasteiger partial charge in [0.05, 0.1) is 27.5 Å². The lowest BCUT2D eigenvalue weighted by atomic mass is 10.1. The molecule has 1 aliphatic carbocycles. The first kappa shape index (κ1) is 22.5. The quantitative estimate of drug-likeness (QED) is 0.467. The number of carbonyl (C=O) groups excluding carboxylic acids is 3. The van der Waals surface area contributed by atoms with Gasteiger partial charge in [-0.2, -0.15) is 0 Å². The van der Waals surface area contributed by atoms with E-state index in [2.05, 4.69) is 15.6 Å². The first-order valence-corrected chi connectivity index (χ1v) is 11.4. The summed E-state index contributed by atoms with van der Waals surface area (Å²) in [6.07, 6.45) is 1.93. The largest absolute Gasteiger partial charge is 0.487 e. The van der Waals surface area contributed by atoms with Gasteiger partial charge in [0.15, 0.2) is 6.61 Å². The van der Waals surface area contributed by atoms with Crippen LogP contribution in [-0.2, 0) is 16.1 Å². The summed E-state index contributed by atoms with van der Waals surface area (Å²) >= 11 is 1.56. The molecule has 1 aromatic heterocycles. The van der Waals surface area contributed by atoms with Crippen molar-refractivity contribution in [2.24, 2.45) is 0 Å². The molecule has 3 aromatic rings. The summed E-state index contributed by atoms with van der Waals surface area (Å²) in [5.74, 6) is -0.811. The molecule has 0 radical (unpaired) electrons. The van der Waals surface area contributed by atoms with Crippen LogP contribution in [0.3, 0.4) is 0 Å². The van der Waals surface area contributed by atoms with Gasteiger partial charge >= 0.3 is 5.97 Å². The van der Waals surface area contributed by atoms with E-state index in [-0.39, 0.29) is 11.9 Å². The van der Waals surface area contributed by atoms with Gasteiger partial charge in [-0.05, 0) is 56.2 Å². The molecule has 8 nitrogen and oxygen atoms in total. The smallest absolute Gasteiger partial charge is 0.338 e. The summed E-state index contributed by atoms with van der Waals surface area (Å²) in [6, 6.07) is 13.4. The zero-order chi connectivity index (χ0) is 23.2. The third kappa shape index (κ3) is 6.39. The summed E-state index contributed by atoms with van der Waals surface area (Å²) < 4.78 is 10.8. The van der Waals surface area contributed by atoms with Crippen LogP contribution in [0.15, 0.2) is 53.9 Å².